The van der Waals surface area contributed by atoms with Crippen LogP contribution in [0, 0.1) is 0 Å². The molecule has 0 amide bonds. The second kappa shape index (κ2) is 5.35. The summed E-state index contributed by atoms with van der Waals surface area (Å²) in [5.41, 5.74) is 2.12. The van der Waals surface area contributed by atoms with Gasteiger partial charge >= 0.3 is 0 Å². The van der Waals surface area contributed by atoms with Crippen molar-refractivity contribution < 1.29 is 9.84 Å². The van der Waals surface area contributed by atoms with Gasteiger partial charge in [-0.25, -0.2) is 0 Å². The number of aryl methyl sites for hydroxylation is 1. The van der Waals surface area contributed by atoms with Crippen molar-refractivity contribution in [1.82, 2.24) is 4.98 Å². The van der Waals surface area contributed by atoms with Crippen LogP contribution in [-0.2, 0) is 16.8 Å². The summed E-state index contributed by atoms with van der Waals surface area (Å²) in [7, 11) is 1.63. The highest BCUT2D eigenvalue weighted by atomic mass is 16.5. The zero-order valence-electron chi connectivity index (χ0n) is 11.6. The number of nitrogens with zero attached hydrogens (tertiary/aromatic N) is 1. The van der Waals surface area contributed by atoms with E-state index < -0.39 is 5.60 Å². The van der Waals surface area contributed by atoms with Gasteiger partial charge in [0, 0.05) is 24.9 Å². The molecule has 0 radical (unpaired) electrons. The standard InChI is InChI=1S/C17H19NO2/c1-20-12-17(19,14-7-3-2-4-8-14)15-10-9-13-6-5-11-18-16(13)15/h2-8,11,15,19H,9-10,12H2,1H3. The highest BCUT2D eigenvalue weighted by Gasteiger charge is 2.43. The van der Waals surface area contributed by atoms with E-state index in [9.17, 15) is 5.11 Å². The normalized spacial score (nSPS) is 20.4. The first-order valence-corrected chi connectivity index (χ1v) is 6.96. The second-order valence-corrected chi connectivity index (χ2v) is 5.36. The number of fused-ring (bicyclic) bond motifs is 1. The smallest absolute Gasteiger partial charge is 0.121 e. The number of ether oxygens (including phenoxy) is 1. The SMILES string of the molecule is COCC(O)(c1ccccc1)C1CCc2cccnc21. The topological polar surface area (TPSA) is 42.4 Å². The van der Waals surface area contributed by atoms with Gasteiger partial charge in [0.25, 0.3) is 0 Å². The van der Waals surface area contributed by atoms with E-state index in [2.05, 4.69) is 11.1 Å². The average molecular weight is 269 g/mol. The van der Waals surface area contributed by atoms with Gasteiger partial charge in [-0.05, 0) is 30.0 Å². The maximum absolute atomic E-state index is 11.3. The third kappa shape index (κ3) is 2.13. The van der Waals surface area contributed by atoms with E-state index in [0.29, 0.717) is 0 Å². The Morgan fingerprint density at radius 3 is 2.80 bits per heavy atom. The Morgan fingerprint density at radius 1 is 1.25 bits per heavy atom. The fourth-order valence-electron chi connectivity index (χ4n) is 3.21. The van der Waals surface area contributed by atoms with Crippen LogP contribution in [0.1, 0.15) is 29.2 Å². The summed E-state index contributed by atoms with van der Waals surface area (Å²) in [6.07, 6.45) is 3.67. The molecule has 0 saturated heterocycles. The number of benzene rings is 1. The Balaban J connectivity index is 2.04. The molecular weight excluding hydrogens is 250 g/mol. The van der Waals surface area contributed by atoms with Crippen LogP contribution in [0.5, 0.6) is 0 Å². The number of hydrogen-bond acceptors (Lipinski definition) is 3. The molecule has 1 aliphatic rings. The van der Waals surface area contributed by atoms with Crippen LogP contribution >= 0.6 is 0 Å². The van der Waals surface area contributed by atoms with E-state index in [1.807, 2.05) is 36.4 Å². The van der Waals surface area contributed by atoms with Gasteiger partial charge in [0.2, 0.25) is 0 Å². The molecule has 0 bridgehead atoms. The third-order valence-electron chi connectivity index (χ3n) is 4.17. The van der Waals surface area contributed by atoms with Gasteiger partial charge in [-0.15, -0.1) is 0 Å². The lowest BCUT2D eigenvalue weighted by Crippen LogP contribution is -2.37. The van der Waals surface area contributed by atoms with Crippen molar-refractivity contribution in [3.63, 3.8) is 0 Å². The molecular formula is C17H19NO2. The third-order valence-corrected chi connectivity index (χ3v) is 4.17. The lowest BCUT2D eigenvalue weighted by Gasteiger charge is -2.34. The predicted molar refractivity (Wildman–Crippen MR) is 77.5 cm³/mol. The Hall–Kier alpha value is -1.71. The molecule has 104 valence electrons. The van der Waals surface area contributed by atoms with Gasteiger partial charge in [0.15, 0.2) is 0 Å². The van der Waals surface area contributed by atoms with Gasteiger partial charge in [-0.2, -0.15) is 0 Å². The van der Waals surface area contributed by atoms with E-state index in [-0.39, 0.29) is 12.5 Å². The van der Waals surface area contributed by atoms with Crippen LogP contribution in [0.4, 0.5) is 0 Å². The van der Waals surface area contributed by atoms with Crippen LogP contribution in [-0.4, -0.2) is 23.8 Å². The van der Waals surface area contributed by atoms with E-state index >= 15 is 0 Å². The Kier molecular flexibility index (Phi) is 3.55. The number of aromatic nitrogens is 1. The molecule has 0 saturated carbocycles. The molecule has 3 heteroatoms. The molecule has 1 heterocycles. The Labute approximate surface area is 119 Å². The number of pyridine rings is 1. The van der Waals surface area contributed by atoms with Gasteiger partial charge in [-0.3, -0.25) is 4.98 Å². The first-order valence-electron chi connectivity index (χ1n) is 6.96. The van der Waals surface area contributed by atoms with Crippen LogP contribution in [0.25, 0.3) is 0 Å². The lowest BCUT2D eigenvalue weighted by atomic mass is 9.80. The van der Waals surface area contributed by atoms with Crippen molar-refractivity contribution in [2.75, 3.05) is 13.7 Å². The van der Waals surface area contributed by atoms with Crippen molar-refractivity contribution in [3.05, 3.63) is 65.5 Å². The zero-order chi connectivity index (χ0) is 14.0. The molecule has 1 N–H and O–H groups in total. The van der Waals surface area contributed by atoms with Gasteiger partial charge < -0.3 is 9.84 Å². The second-order valence-electron chi connectivity index (χ2n) is 5.36. The molecule has 20 heavy (non-hydrogen) atoms. The number of aliphatic hydroxyl groups is 1. The highest BCUT2D eigenvalue weighted by Crippen LogP contribution is 2.44. The monoisotopic (exact) mass is 269 g/mol. The van der Waals surface area contributed by atoms with Gasteiger partial charge in [-0.1, -0.05) is 36.4 Å². The van der Waals surface area contributed by atoms with Crippen molar-refractivity contribution in [1.29, 1.82) is 0 Å². The van der Waals surface area contributed by atoms with E-state index in [1.54, 1.807) is 13.3 Å². The number of hydrogen-bond donors (Lipinski definition) is 1. The minimum absolute atomic E-state index is 0.0129. The molecule has 2 atom stereocenters. The predicted octanol–water partition coefficient (Wildman–Crippen LogP) is 2.65. The highest BCUT2D eigenvalue weighted by molar-refractivity contribution is 5.36. The molecule has 3 rings (SSSR count). The molecule has 2 aromatic rings. The summed E-state index contributed by atoms with van der Waals surface area (Å²) in [4.78, 5) is 4.50. The molecule has 1 aromatic heterocycles. The fourth-order valence-corrected chi connectivity index (χ4v) is 3.21. The molecule has 0 fully saturated rings. The van der Waals surface area contributed by atoms with Crippen molar-refractivity contribution in [2.45, 2.75) is 24.4 Å². The quantitative estimate of drug-likeness (QED) is 0.928. The summed E-state index contributed by atoms with van der Waals surface area (Å²) < 4.78 is 5.31. The molecule has 0 spiro atoms. The van der Waals surface area contributed by atoms with E-state index in [1.165, 1.54) is 5.56 Å². The molecule has 1 aliphatic carbocycles. The number of rotatable bonds is 4. The van der Waals surface area contributed by atoms with Crippen LogP contribution in [0.3, 0.4) is 0 Å². The fraction of sp³-hybridized carbons (Fsp3) is 0.353. The Bertz CT molecular complexity index is 585. The van der Waals surface area contributed by atoms with E-state index in [0.717, 1.165) is 24.1 Å². The largest absolute Gasteiger partial charge is 0.382 e. The zero-order valence-corrected chi connectivity index (χ0v) is 11.6. The molecule has 3 nitrogen and oxygen atoms in total. The van der Waals surface area contributed by atoms with E-state index in [4.69, 9.17) is 4.74 Å². The van der Waals surface area contributed by atoms with Crippen LogP contribution in [0.15, 0.2) is 48.7 Å². The van der Waals surface area contributed by atoms with Crippen LogP contribution in [0.2, 0.25) is 0 Å². The molecule has 2 unspecified atom stereocenters. The average Bonchev–Trinajstić information content (AvgIpc) is 2.93. The maximum Gasteiger partial charge on any atom is 0.121 e. The molecule has 1 aromatic carbocycles. The van der Waals surface area contributed by atoms with Gasteiger partial charge in [0.1, 0.15) is 5.60 Å². The van der Waals surface area contributed by atoms with Crippen LogP contribution < -0.4 is 0 Å². The molecule has 0 aliphatic heterocycles. The summed E-state index contributed by atoms with van der Waals surface area (Å²) in [5.74, 6) is -0.0129. The summed E-state index contributed by atoms with van der Waals surface area (Å²) >= 11 is 0. The van der Waals surface area contributed by atoms with Crippen molar-refractivity contribution >= 4 is 0 Å². The summed E-state index contributed by atoms with van der Waals surface area (Å²) in [6.45, 7) is 0.275. The first kappa shape index (κ1) is 13.3. The lowest BCUT2D eigenvalue weighted by molar-refractivity contribution is -0.0575. The maximum atomic E-state index is 11.3. The summed E-state index contributed by atoms with van der Waals surface area (Å²) in [5, 5.41) is 11.3. The minimum atomic E-state index is -1.02. The summed E-state index contributed by atoms with van der Waals surface area (Å²) in [6, 6.07) is 13.8. The number of methoxy groups -OCH3 is 1. The van der Waals surface area contributed by atoms with Crippen molar-refractivity contribution in [2.24, 2.45) is 0 Å². The first-order chi connectivity index (χ1) is 9.75. The minimum Gasteiger partial charge on any atom is -0.382 e. The van der Waals surface area contributed by atoms with Gasteiger partial charge in [0.05, 0.1) is 6.61 Å². The van der Waals surface area contributed by atoms with Crippen molar-refractivity contribution in [3.8, 4) is 0 Å². The Morgan fingerprint density at radius 2 is 2.05 bits per heavy atom.